The Labute approximate surface area is 98.0 Å². The fourth-order valence-corrected chi connectivity index (χ4v) is 2.72. The zero-order chi connectivity index (χ0) is 12.3. The summed E-state index contributed by atoms with van der Waals surface area (Å²) in [6.45, 7) is 5.09. The number of hydrogen-bond acceptors (Lipinski definition) is 2. The summed E-state index contributed by atoms with van der Waals surface area (Å²) in [5.74, 6) is -0.792. The van der Waals surface area contributed by atoms with E-state index in [1.165, 1.54) is 0 Å². The van der Waals surface area contributed by atoms with E-state index in [-0.39, 0.29) is 5.75 Å². The Morgan fingerprint density at radius 2 is 2.06 bits per heavy atom. The lowest BCUT2D eigenvalue weighted by atomic mass is 9.97. The average Bonchev–Trinajstić information content (AvgIpc) is 2.16. The second-order valence-corrected chi connectivity index (χ2v) is 5.95. The molecule has 0 aromatic heterocycles. The van der Waals surface area contributed by atoms with Crippen LogP contribution in [0.25, 0.3) is 0 Å². The van der Waals surface area contributed by atoms with E-state index < -0.39 is 22.2 Å². The van der Waals surface area contributed by atoms with Crippen LogP contribution in [0.2, 0.25) is 0 Å². The molecule has 0 radical (unpaired) electrons. The Bertz CT molecular complexity index is 424. The van der Waals surface area contributed by atoms with Crippen molar-refractivity contribution in [2.24, 2.45) is 5.41 Å². The molecule has 0 amide bonds. The molecule has 0 aliphatic heterocycles. The zero-order valence-electron chi connectivity index (χ0n) is 9.69. The van der Waals surface area contributed by atoms with Crippen LogP contribution < -0.4 is 0 Å². The number of carboxylic acids is 1. The second-order valence-electron chi connectivity index (χ2n) is 4.50. The van der Waals surface area contributed by atoms with Gasteiger partial charge in [-0.3, -0.25) is 9.00 Å². The van der Waals surface area contributed by atoms with Gasteiger partial charge in [0, 0.05) is 10.6 Å². The summed E-state index contributed by atoms with van der Waals surface area (Å²) in [7, 11) is -1.26. The van der Waals surface area contributed by atoms with Crippen molar-refractivity contribution < 1.29 is 14.1 Å². The third kappa shape index (κ3) is 3.17. The molecule has 1 N–H and O–H groups in total. The molecule has 0 aliphatic carbocycles. The standard InChI is InChI=1S/C12H16O3S/c1-9-5-4-6-10(7-9)16(15)8-12(2,3)11(13)14/h4-7H,8H2,1-3H3,(H,13,14). The molecule has 16 heavy (non-hydrogen) atoms. The van der Waals surface area contributed by atoms with Crippen LogP contribution in [0.4, 0.5) is 0 Å². The molecule has 0 saturated heterocycles. The number of carboxylic acid groups (broad SMARTS) is 1. The van der Waals surface area contributed by atoms with Crippen LogP contribution in [0.3, 0.4) is 0 Å². The van der Waals surface area contributed by atoms with Crippen molar-refractivity contribution in [1.82, 2.24) is 0 Å². The van der Waals surface area contributed by atoms with E-state index in [4.69, 9.17) is 5.11 Å². The van der Waals surface area contributed by atoms with Crippen LogP contribution in [0.1, 0.15) is 19.4 Å². The highest BCUT2D eigenvalue weighted by Gasteiger charge is 2.29. The van der Waals surface area contributed by atoms with Gasteiger partial charge in [0.25, 0.3) is 0 Å². The first-order valence-electron chi connectivity index (χ1n) is 5.01. The zero-order valence-corrected chi connectivity index (χ0v) is 10.5. The van der Waals surface area contributed by atoms with E-state index in [1.54, 1.807) is 19.9 Å². The highest BCUT2D eigenvalue weighted by atomic mass is 32.2. The van der Waals surface area contributed by atoms with Crippen LogP contribution in [0.15, 0.2) is 29.2 Å². The average molecular weight is 240 g/mol. The predicted octanol–water partition coefficient (Wildman–Crippen LogP) is 2.21. The largest absolute Gasteiger partial charge is 0.481 e. The van der Waals surface area contributed by atoms with Crippen molar-refractivity contribution in [3.8, 4) is 0 Å². The minimum atomic E-state index is -1.26. The van der Waals surface area contributed by atoms with E-state index in [0.717, 1.165) is 5.56 Å². The minimum Gasteiger partial charge on any atom is -0.481 e. The smallest absolute Gasteiger partial charge is 0.310 e. The summed E-state index contributed by atoms with van der Waals surface area (Å²) >= 11 is 0. The Balaban J connectivity index is 2.85. The summed E-state index contributed by atoms with van der Waals surface area (Å²) in [5.41, 5.74) is 0.0632. The fraction of sp³-hybridized carbons (Fsp3) is 0.417. The lowest BCUT2D eigenvalue weighted by molar-refractivity contribution is -0.145. The molecular formula is C12H16O3S. The maximum absolute atomic E-state index is 12.0. The first-order chi connectivity index (χ1) is 7.33. The molecule has 0 spiro atoms. The van der Waals surface area contributed by atoms with Crippen molar-refractivity contribution in [3.63, 3.8) is 0 Å². The van der Waals surface area contributed by atoms with Gasteiger partial charge in [0.05, 0.1) is 16.2 Å². The lowest BCUT2D eigenvalue weighted by Gasteiger charge is -2.18. The van der Waals surface area contributed by atoms with Gasteiger partial charge in [-0.2, -0.15) is 0 Å². The molecule has 3 nitrogen and oxygen atoms in total. The maximum atomic E-state index is 12.0. The Kier molecular flexibility index (Phi) is 3.86. The van der Waals surface area contributed by atoms with Crippen molar-refractivity contribution >= 4 is 16.8 Å². The van der Waals surface area contributed by atoms with Gasteiger partial charge in [0.15, 0.2) is 0 Å². The predicted molar refractivity (Wildman–Crippen MR) is 63.9 cm³/mol. The number of hydrogen-bond donors (Lipinski definition) is 1. The summed E-state index contributed by atoms with van der Waals surface area (Å²) in [6.07, 6.45) is 0. The van der Waals surface area contributed by atoms with Crippen LogP contribution in [0.5, 0.6) is 0 Å². The first kappa shape index (κ1) is 12.9. The van der Waals surface area contributed by atoms with Gasteiger partial charge in [-0.25, -0.2) is 0 Å². The quantitative estimate of drug-likeness (QED) is 0.878. The van der Waals surface area contributed by atoms with Gasteiger partial charge in [-0.05, 0) is 38.5 Å². The Morgan fingerprint density at radius 3 is 2.56 bits per heavy atom. The molecule has 1 unspecified atom stereocenters. The molecule has 0 aliphatic rings. The first-order valence-corrected chi connectivity index (χ1v) is 6.33. The molecule has 1 atom stereocenters. The van der Waals surface area contributed by atoms with Gasteiger partial charge in [0.2, 0.25) is 0 Å². The summed E-state index contributed by atoms with van der Waals surface area (Å²) in [4.78, 5) is 11.6. The van der Waals surface area contributed by atoms with Gasteiger partial charge in [-0.15, -0.1) is 0 Å². The van der Waals surface area contributed by atoms with Crippen LogP contribution in [-0.4, -0.2) is 21.0 Å². The van der Waals surface area contributed by atoms with Crippen molar-refractivity contribution in [1.29, 1.82) is 0 Å². The van der Waals surface area contributed by atoms with Crippen molar-refractivity contribution in [2.75, 3.05) is 5.75 Å². The number of aliphatic carboxylic acids is 1. The molecule has 1 aromatic carbocycles. The van der Waals surface area contributed by atoms with E-state index >= 15 is 0 Å². The highest BCUT2D eigenvalue weighted by molar-refractivity contribution is 7.85. The SMILES string of the molecule is Cc1cccc(S(=O)CC(C)(C)C(=O)O)c1. The third-order valence-electron chi connectivity index (χ3n) is 2.32. The molecule has 0 saturated carbocycles. The number of carbonyl (C=O) groups is 1. The van der Waals surface area contributed by atoms with E-state index in [0.29, 0.717) is 4.90 Å². The maximum Gasteiger partial charge on any atom is 0.310 e. The summed E-state index contributed by atoms with van der Waals surface area (Å²) in [5, 5.41) is 8.96. The van der Waals surface area contributed by atoms with Crippen LogP contribution in [-0.2, 0) is 15.6 Å². The molecule has 1 aromatic rings. The lowest BCUT2D eigenvalue weighted by Crippen LogP contribution is -2.30. The number of benzene rings is 1. The fourth-order valence-electron chi connectivity index (χ4n) is 1.23. The minimum absolute atomic E-state index is 0.131. The van der Waals surface area contributed by atoms with Gasteiger partial charge in [-0.1, -0.05) is 12.1 Å². The Morgan fingerprint density at radius 1 is 1.44 bits per heavy atom. The highest BCUT2D eigenvalue weighted by Crippen LogP contribution is 2.20. The van der Waals surface area contributed by atoms with Crippen molar-refractivity contribution in [3.05, 3.63) is 29.8 Å². The van der Waals surface area contributed by atoms with Gasteiger partial charge >= 0.3 is 5.97 Å². The van der Waals surface area contributed by atoms with E-state index in [9.17, 15) is 9.00 Å². The molecule has 0 fully saturated rings. The van der Waals surface area contributed by atoms with Crippen LogP contribution in [0, 0.1) is 12.3 Å². The van der Waals surface area contributed by atoms with E-state index in [2.05, 4.69) is 0 Å². The number of aryl methyl sites for hydroxylation is 1. The molecule has 4 heteroatoms. The van der Waals surface area contributed by atoms with Crippen LogP contribution >= 0.6 is 0 Å². The Hall–Kier alpha value is -1.16. The van der Waals surface area contributed by atoms with Gasteiger partial charge in [0.1, 0.15) is 0 Å². The molecular weight excluding hydrogens is 224 g/mol. The van der Waals surface area contributed by atoms with E-state index in [1.807, 2.05) is 25.1 Å². The third-order valence-corrected chi connectivity index (χ3v) is 4.09. The summed E-state index contributed by atoms with van der Waals surface area (Å²) < 4.78 is 12.0. The molecule has 0 bridgehead atoms. The van der Waals surface area contributed by atoms with Gasteiger partial charge < -0.3 is 5.11 Å². The molecule has 1 rings (SSSR count). The monoisotopic (exact) mass is 240 g/mol. The molecule has 88 valence electrons. The number of rotatable bonds is 4. The second kappa shape index (κ2) is 4.78. The molecule has 0 heterocycles. The summed E-state index contributed by atoms with van der Waals surface area (Å²) in [6, 6.07) is 7.34. The van der Waals surface area contributed by atoms with Crippen molar-refractivity contribution in [2.45, 2.75) is 25.7 Å². The normalized spacial score (nSPS) is 13.4. The topological polar surface area (TPSA) is 54.4 Å².